The molecular formula is C16H24N2O3. The molecule has 0 aromatic heterocycles. The van der Waals surface area contributed by atoms with Crippen molar-refractivity contribution in [2.75, 3.05) is 27.3 Å². The van der Waals surface area contributed by atoms with Crippen molar-refractivity contribution in [1.82, 2.24) is 10.6 Å². The summed E-state index contributed by atoms with van der Waals surface area (Å²) in [6.07, 6.45) is 1.67. The lowest BCUT2D eigenvalue weighted by Crippen LogP contribution is -2.28. The molecule has 2 N–H and O–H groups in total. The molecular weight excluding hydrogens is 268 g/mol. The Morgan fingerprint density at radius 2 is 2.14 bits per heavy atom. The average molecular weight is 292 g/mol. The van der Waals surface area contributed by atoms with Crippen LogP contribution in [-0.4, -0.2) is 33.2 Å². The van der Waals surface area contributed by atoms with Crippen LogP contribution in [0, 0.1) is 5.92 Å². The Labute approximate surface area is 126 Å². The first-order valence-corrected chi connectivity index (χ1v) is 7.36. The van der Waals surface area contributed by atoms with E-state index in [1.165, 1.54) is 0 Å². The van der Waals surface area contributed by atoms with Gasteiger partial charge in [-0.3, -0.25) is 4.79 Å². The Balaban J connectivity index is 1.95. The van der Waals surface area contributed by atoms with Gasteiger partial charge in [-0.25, -0.2) is 0 Å². The minimum absolute atomic E-state index is 0.0494. The summed E-state index contributed by atoms with van der Waals surface area (Å²) in [7, 11) is 3.22. The van der Waals surface area contributed by atoms with Crippen molar-refractivity contribution < 1.29 is 14.3 Å². The van der Waals surface area contributed by atoms with Gasteiger partial charge in [-0.05, 0) is 50.0 Å². The van der Waals surface area contributed by atoms with Gasteiger partial charge in [-0.1, -0.05) is 6.07 Å². The fraction of sp³-hybridized carbons (Fsp3) is 0.562. The standard InChI is InChI=1S/C16H24N2O3/c1-11(18-16(19)8-12-6-7-17-10-12)13-4-5-14(20-2)15(9-13)21-3/h4-5,9,11-12,17H,6-8,10H2,1-3H3,(H,18,19). The zero-order valence-corrected chi connectivity index (χ0v) is 12.9. The zero-order valence-electron chi connectivity index (χ0n) is 12.9. The van der Waals surface area contributed by atoms with Gasteiger partial charge in [-0.15, -0.1) is 0 Å². The summed E-state index contributed by atoms with van der Waals surface area (Å²) in [6, 6.07) is 5.66. The van der Waals surface area contributed by atoms with Gasteiger partial charge in [0.2, 0.25) is 5.91 Å². The molecule has 1 aromatic carbocycles. The molecule has 1 aliphatic rings. The number of amides is 1. The first-order chi connectivity index (χ1) is 10.1. The number of carbonyl (C=O) groups is 1. The Hall–Kier alpha value is -1.75. The number of rotatable bonds is 6. The summed E-state index contributed by atoms with van der Waals surface area (Å²) >= 11 is 0. The van der Waals surface area contributed by atoms with E-state index in [1.807, 2.05) is 25.1 Å². The second-order valence-corrected chi connectivity index (χ2v) is 5.47. The number of methoxy groups -OCH3 is 2. The fourth-order valence-electron chi connectivity index (χ4n) is 2.66. The van der Waals surface area contributed by atoms with Crippen LogP contribution in [0.5, 0.6) is 11.5 Å². The number of nitrogens with one attached hydrogen (secondary N) is 2. The van der Waals surface area contributed by atoms with Crippen LogP contribution in [0.15, 0.2) is 18.2 Å². The smallest absolute Gasteiger partial charge is 0.220 e. The highest BCUT2D eigenvalue weighted by Crippen LogP contribution is 2.29. The first-order valence-electron chi connectivity index (χ1n) is 7.36. The minimum atomic E-state index is -0.0494. The van der Waals surface area contributed by atoms with Crippen molar-refractivity contribution in [3.05, 3.63) is 23.8 Å². The van der Waals surface area contributed by atoms with Gasteiger partial charge in [0.1, 0.15) is 0 Å². The topological polar surface area (TPSA) is 59.6 Å². The highest BCUT2D eigenvalue weighted by molar-refractivity contribution is 5.76. The summed E-state index contributed by atoms with van der Waals surface area (Å²) in [6.45, 7) is 3.94. The van der Waals surface area contributed by atoms with Gasteiger partial charge >= 0.3 is 0 Å². The van der Waals surface area contributed by atoms with Gasteiger partial charge in [0.15, 0.2) is 11.5 Å². The molecule has 0 radical (unpaired) electrons. The lowest BCUT2D eigenvalue weighted by molar-refractivity contribution is -0.122. The van der Waals surface area contributed by atoms with E-state index in [0.717, 1.165) is 25.1 Å². The molecule has 1 aliphatic heterocycles. The van der Waals surface area contributed by atoms with Crippen LogP contribution >= 0.6 is 0 Å². The van der Waals surface area contributed by atoms with Gasteiger partial charge in [-0.2, -0.15) is 0 Å². The SMILES string of the molecule is COc1ccc(C(C)NC(=O)CC2CCNC2)cc1OC. The molecule has 2 unspecified atom stereocenters. The summed E-state index contributed by atoms with van der Waals surface area (Å²) in [5.41, 5.74) is 1.01. The first kappa shape index (κ1) is 15.6. The molecule has 2 rings (SSSR count). The molecule has 1 fully saturated rings. The third-order valence-corrected chi connectivity index (χ3v) is 3.92. The molecule has 5 nitrogen and oxygen atoms in total. The van der Waals surface area contributed by atoms with Gasteiger partial charge in [0.25, 0.3) is 0 Å². The van der Waals surface area contributed by atoms with E-state index in [4.69, 9.17) is 9.47 Å². The van der Waals surface area contributed by atoms with Crippen LogP contribution in [0.25, 0.3) is 0 Å². The van der Waals surface area contributed by atoms with Crippen LogP contribution in [0.3, 0.4) is 0 Å². The maximum Gasteiger partial charge on any atom is 0.220 e. The molecule has 1 saturated heterocycles. The third kappa shape index (κ3) is 4.11. The quantitative estimate of drug-likeness (QED) is 0.840. The van der Waals surface area contributed by atoms with Gasteiger partial charge in [0, 0.05) is 6.42 Å². The van der Waals surface area contributed by atoms with Crippen molar-refractivity contribution >= 4 is 5.91 Å². The maximum absolute atomic E-state index is 12.1. The third-order valence-electron chi connectivity index (χ3n) is 3.92. The Morgan fingerprint density at radius 1 is 1.38 bits per heavy atom. The predicted molar refractivity (Wildman–Crippen MR) is 81.7 cm³/mol. The van der Waals surface area contributed by atoms with E-state index in [2.05, 4.69) is 10.6 Å². The predicted octanol–water partition coefficient (Wildman–Crippen LogP) is 1.88. The maximum atomic E-state index is 12.1. The molecule has 0 saturated carbocycles. The number of carbonyl (C=O) groups excluding carboxylic acids is 1. The van der Waals surface area contributed by atoms with E-state index in [1.54, 1.807) is 14.2 Å². The van der Waals surface area contributed by atoms with E-state index in [-0.39, 0.29) is 11.9 Å². The Bertz CT molecular complexity index is 484. The second kappa shape index (κ2) is 7.31. The molecule has 0 spiro atoms. The monoisotopic (exact) mass is 292 g/mol. The van der Waals surface area contributed by atoms with E-state index < -0.39 is 0 Å². The van der Waals surface area contributed by atoms with E-state index in [9.17, 15) is 4.79 Å². The summed E-state index contributed by atoms with van der Waals surface area (Å²) in [4.78, 5) is 12.1. The van der Waals surface area contributed by atoms with E-state index in [0.29, 0.717) is 23.8 Å². The van der Waals surface area contributed by atoms with Crippen molar-refractivity contribution in [1.29, 1.82) is 0 Å². The minimum Gasteiger partial charge on any atom is -0.493 e. The summed E-state index contributed by atoms with van der Waals surface area (Å²) < 4.78 is 10.5. The average Bonchev–Trinajstić information content (AvgIpc) is 2.99. The number of hydrogen-bond acceptors (Lipinski definition) is 4. The number of ether oxygens (including phenoxy) is 2. The molecule has 1 amide bonds. The second-order valence-electron chi connectivity index (χ2n) is 5.47. The number of hydrogen-bond donors (Lipinski definition) is 2. The summed E-state index contributed by atoms with van der Waals surface area (Å²) in [5.74, 6) is 1.93. The van der Waals surface area contributed by atoms with Crippen LogP contribution in [0.4, 0.5) is 0 Å². The van der Waals surface area contributed by atoms with Crippen molar-refractivity contribution in [3.8, 4) is 11.5 Å². The van der Waals surface area contributed by atoms with Crippen LogP contribution in [0.1, 0.15) is 31.4 Å². The van der Waals surface area contributed by atoms with Crippen LogP contribution in [0.2, 0.25) is 0 Å². The molecule has 1 aromatic rings. The molecule has 0 bridgehead atoms. The van der Waals surface area contributed by atoms with Gasteiger partial charge < -0.3 is 20.1 Å². The molecule has 116 valence electrons. The zero-order chi connectivity index (χ0) is 15.2. The van der Waals surface area contributed by atoms with Crippen molar-refractivity contribution in [2.45, 2.75) is 25.8 Å². The largest absolute Gasteiger partial charge is 0.493 e. The lowest BCUT2D eigenvalue weighted by Gasteiger charge is -2.17. The van der Waals surface area contributed by atoms with Crippen molar-refractivity contribution in [2.24, 2.45) is 5.92 Å². The highest BCUT2D eigenvalue weighted by atomic mass is 16.5. The molecule has 21 heavy (non-hydrogen) atoms. The summed E-state index contributed by atoms with van der Waals surface area (Å²) in [5, 5.41) is 6.33. The van der Waals surface area contributed by atoms with Crippen LogP contribution < -0.4 is 20.1 Å². The Kier molecular flexibility index (Phi) is 5.44. The van der Waals surface area contributed by atoms with Crippen molar-refractivity contribution in [3.63, 3.8) is 0 Å². The normalized spacial score (nSPS) is 19.1. The van der Waals surface area contributed by atoms with E-state index >= 15 is 0 Å². The lowest BCUT2D eigenvalue weighted by atomic mass is 10.0. The van der Waals surface area contributed by atoms with Crippen LogP contribution in [-0.2, 0) is 4.79 Å². The highest BCUT2D eigenvalue weighted by Gasteiger charge is 2.19. The molecule has 5 heteroatoms. The molecule has 1 heterocycles. The fourth-order valence-corrected chi connectivity index (χ4v) is 2.66. The Morgan fingerprint density at radius 3 is 2.76 bits per heavy atom. The molecule has 0 aliphatic carbocycles. The van der Waals surface area contributed by atoms with Gasteiger partial charge in [0.05, 0.1) is 20.3 Å². The molecule has 2 atom stereocenters. The number of benzene rings is 1.